The molecule has 6 nitrogen and oxygen atoms in total. The Morgan fingerprint density at radius 1 is 1.14 bits per heavy atom. The molecule has 1 saturated heterocycles. The SMILES string of the molecule is Cc1cccc(Cn2cc(NC(=O)c3ccc(CN4CCCCC4)o3)cn2)c1. The summed E-state index contributed by atoms with van der Waals surface area (Å²) in [6.07, 6.45) is 7.27. The third-order valence-electron chi connectivity index (χ3n) is 5.03. The fraction of sp³-hybridized carbons (Fsp3) is 0.364. The number of aromatic nitrogens is 2. The van der Waals surface area contributed by atoms with Crippen molar-refractivity contribution in [1.82, 2.24) is 14.7 Å². The van der Waals surface area contributed by atoms with E-state index in [1.165, 1.54) is 30.4 Å². The maximum absolute atomic E-state index is 12.5. The van der Waals surface area contributed by atoms with Crippen molar-refractivity contribution in [3.8, 4) is 0 Å². The Kier molecular flexibility index (Phi) is 5.58. The molecule has 2 aromatic heterocycles. The molecule has 0 aliphatic carbocycles. The number of likely N-dealkylation sites (tertiary alicyclic amines) is 1. The Morgan fingerprint density at radius 3 is 2.82 bits per heavy atom. The van der Waals surface area contributed by atoms with Crippen LogP contribution in [0.1, 0.15) is 46.7 Å². The van der Waals surface area contributed by atoms with Gasteiger partial charge in [-0.1, -0.05) is 36.2 Å². The van der Waals surface area contributed by atoms with Gasteiger partial charge in [0.05, 0.1) is 25.0 Å². The van der Waals surface area contributed by atoms with Crippen molar-refractivity contribution < 1.29 is 9.21 Å². The van der Waals surface area contributed by atoms with Crippen LogP contribution in [0, 0.1) is 6.92 Å². The second kappa shape index (κ2) is 8.44. The van der Waals surface area contributed by atoms with Gasteiger partial charge in [0.25, 0.3) is 5.91 Å². The van der Waals surface area contributed by atoms with Crippen molar-refractivity contribution in [2.75, 3.05) is 18.4 Å². The van der Waals surface area contributed by atoms with Crippen molar-refractivity contribution in [3.05, 3.63) is 71.4 Å². The molecule has 3 heterocycles. The van der Waals surface area contributed by atoms with Gasteiger partial charge in [-0.25, -0.2) is 0 Å². The van der Waals surface area contributed by atoms with Crippen LogP contribution >= 0.6 is 0 Å². The van der Waals surface area contributed by atoms with Gasteiger partial charge in [-0.2, -0.15) is 5.10 Å². The van der Waals surface area contributed by atoms with Crippen LogP contribution in [-0.2, 0) is 13.1 Å². The number of anilines is 1. The van der Waals surface area contributed by atoms with Gasteiger partial charge in [-0.15, -0.1) is 0 Å². The quantitative estimate of drug-likeness (QED) is 0.702. The van der Waals surface area contributed by atoms with Gasteiger partial charge in [0.15, 0.2) is 5.76 Å². The molecular formula is C22H26N4O2. The zero-order valence-electron chi connectivity index (χ0n) is 16.2. The molecule has 1 amide bonds. The van der Waals surface area contributed by atoms with Crippen molar-refractivity contribution in [1.29, 1.82) is 0 Å². The molecular weight excluding hydrogens is 352 g/mol. The summed E-state index contributed by atoms with van der Waals surface area (Å²) in [5, 5.41) is 7.20. The molecule has 6 heteroatoms. The number of aryl methyl sites for hydroxylation is 1. The highest BCUT2D eigenvalue weighted by Gasteiger charge is 2.16. The molecule has 3 aromatic rings. The normalized spacial score (nSPS) is 14.9. The summed E-state index contributed by atoms with van der Waals surface area (Å²) in [7, 11) is 0. The van der Waals surface area contributed by atoms with E-state index < -0.39 is 0 Å². The second-order valence-electron chi connectivity index (χ2n) is 7.47. The molecule has 28 heavy (non-hydrogen) atoms. The van der Waals surface area contributed by atoms with Gasteiger partial charge < -0.3 is 9.73 Å². The molecule has 0 spiro atoms. The Balaban J connectivity index is 1.34. The van der Waals surface area contributed by atoms with Gasteiger partial charge in [0.1, 0.15) is 5.76 Å². The van der Waals surface area contributed by atoms with Crippen LogP contribution in [0.4, 0.5) is 5.69 Å². The van der Waals surface area contributed by atoms with Crippen molar-refractivity contribution in [2.45, 2.75) is 39.3 Å². The van der Waals surface area contributed by atoms with Crippen LogP contribution in [0.2, 0.25) is 0 Å². The van der Waals surface area contributed by atoms with Crippen molar-refractivity contribution in [2.24, 2.45) is 0 Å². The summed E-state index contributed by atoms with van der Waals surface area (Å²) in [5.74, 6) is 0.917. The van der Waals surface area contributed by atoms with Gasteiger partial charge in [0.2, 0.25) is 0 Å². The number of amides is 1. The minimum absolute atomic E-state index is 0.250. The molecule has 0 atom stereocenters. The Labute approximate surface area is 165 Å². The predicted molar refractivity (Wildman–Crippen MR) is 108 cm³/mol. The smallest absolute Gasteiger partial charge is 0.291 e. The number of carbonyl (C=O) groups excluding carboxylic acids is 1. The molecule has 1 aliphatic heterocycles. The molecule has 146 valence electrons. The van der Waals surface area contributed by atoms with E-state index in [9.17, 15) is 4.79 Å². The highest BCUT2D eigenvalue weighted by molar-refractivity contribution is 6.02. The summed E-state index contributed by atoms with van der Waals surface area (Å²) in [5.41, 5.74) is 3.05. The van der Waals surface area contributed by atoms with E-state index in [4.69, 9.17) is 4.42 Å². The van der Waals surface area contributed by atoms with E-state index in [1.807, 2.05) is 23.0 Å². The summed E-state index contributed by atoms with van der Waals surface area (Å²) >= 11 is 0. The van der Waals surface area contributed by atoms with Gasteiger partial charge in [-0.05, 0) is 50.6 Å². The molecule has 4 rings (SSSR count). The molecule has 1 aromatic carbocycles. The second-order valence-corrected chi connectivity index (χ2v) is 7.47. The molecule has 0 unspecified atom stereocenters. The van der Waals surface area contributed by atoms with E-state index in [0.717, 1.165) is 25.4 Å². The average Bonchev–Trinajstić information content (AvgIpc) is 3.32. The summed E-state index contributed by atoms with van der Waals surface area (Å²) in [6, 6.07) is 11.9. The van der Waals surface area contributed by atoms with Gasteiger partial charge in [-0.3, -0.25) is 14.4 Å². The van der Waals surface area contributed by atoms with E-state index in [2.05, 4.69) is 40.4 Å². The Bertz CT molecular complexity index is 937. The maximum Gasteiger partial charge on any atom is 0.291 e. The zero-order chi connectivity index (χ0) is 19.3. The minimum atomic E-state index is -0.250. The summed E-state index contributed by atoms with van der Waals surface area (Å²) in [4.78, 5) is 14.9. The largest absolute Gasteiger partial charge is 0.455 e. The van der Waals surface area contributed by atoms with Crippen LogP contribution in [0.15, 0.2) is 53.2 Å². The Hall–Kier alpha value is -2.86. The first-order valence-electron chi connectivity index (χ1n) is 9.86. The Morgan fingerprint density at radius 2 is 2.00 bits per heavy atom. The fourth-order valence-corrected chi connectivity index (χ4v) is 3.63. The summed E-state index contributed by atoms with van der Waals surface area (Å²) in [6.45, 7) is 5.70. The molecule has 1 aliphatic rings. The minimum Gasteiger partial charge on any atom is -0.455 e. The first-order valence-corrected chi connectivity index (χ1v) is 9.86. The lowest BCUT2D eigenvalue weighted by atomic mass is 10.1. The maximum atomic E-state index is 12.5. The molecule has 1 N–H and O–H groups in total. The van der Waals surface area contributed by atoms with E-state index in [-0.39, 0.29) is 5.91 Å². The number of rotatable bonds is 6. The van der Waals surface area contributed by atoms with Gasteiger partial charge >= 0.3 is 0 Å². The third kappa shape index (κ3) is 4.70. The fourth-order valence-electron chi connectivity index (χ4n) is 3.63. The van der Waals surface area contributed by atoms with E-state index in [0.29, 0.717) is 18.0 Å². The molecule has 0 saturated carbocycles. The van der Waals surface area contributed by atoms with Gasteiger partial charge in [0, 0.05) is 6.20 Å². The lowest BCUT2D eigenvalue weighted by Crippen LogP contribution is -2.28. The molecule has 1 fully saturated rings. The van der Waals surface area contributed by atoms with Crippen LogP contribution in [0.5, 0.6) is 0 Å². The topological polar surface area (TPSA) is 63.3 Å². The number of benzene rings is 1. The van der Waals surface area contributed by atoms with Crippen LogP contribution in [-0.4, -0.2) is 33.7 Å². The predicted octanol–water partition coefficient (Wildman–Crippen LogP) is 4.07. The number of piperidine rings is 1. The number of nitrogens with one attached hydrogen (secondary N) is 1. The average molecular weight is 378 g/mol. The number of hydrogen-bond donors (Lipinski definition) is 1. The third-order valence-corrected chi connectivity index (χ3v) is 5.03. The summed E-state index contributed by atoms with van der Waals surface area (Å²) < 4.78 is 7.57. The number of carbonyl (C=O) groups is 1. The lowest BCUT2D eigenvalue weighted by Gasteiger charge is -2.25. The van der Waals surface area contributed by atoms with Crippen LogP contribution < -0.4 is 5.32 Å². The molecule has 0 bridgehead atoms. The van der Waals surface area contributed by atoms with E-state index in [1.54, 1.807) is 12.3 Å². The first-order chi connectivity index (χ1) is 13.7. The van der Waals surface area contributed by atoms with Crippen molar-refractivity contribution in [3.63, 3.8) is 0 Å². The molecule has 0 radical (unpaired) electrons. The van der Waals surface area contributed by atoms with E-state index >= 15 is 0 Å². The lowest BCUT2D eigenvalue weighted by molar-refractivity contribution is 0.0992. The zero-order valence-corrected chi connectivity index (χ0v) is 16.2. The van der Waals surface area contributed by atoms with Crippen molar-refractivity contribution >= 4 is 11.6 Å². The highest BCUT2D eigenvalue weighted by atomic mass is 16.4. The van der Waals surface area contributed by atoms with Crippen LogP contribution in [0.25, 0.3) is 0 Å². The standard InChI is InChI=1S/C22H26N4O2/c1-17-6-5-7-18(12-17)14-26-15-19(13-23-26)24-22(27)21-9-8-20(28-21)16-25-10-3-2-4-11-25/h5-9,12-13,15H,2-4,10-11,14,16H2,1H3,(H,24,27). The van der Waals surface area contributed by atoms with Crippen LogP contribution in [0.3, 0.4) is 0 Å². The highest BCUT2D eigenvalue weighted by Crippen LogP contribution is 2.17. The monoisotopic (exact) mass is 378 g/mol. The number of furan rings is 1. The number of hydrogen-bond acceptors (Lipinski definition) is 4. The first kappa shape index (κ1) is 18.5. The number of nitrogens with zero attached hydrogens (tertiary/aromatic N) is 3.